The Bertz CT molecular complexity index is 795. The van der Waals surface area contributed by atoms with Crippen molar-refractivity contribution < 1.29 is 0 Å². The summed E-state index contributed by atoms with van der Waals surface area (Å²) in [6, 6.07) is 22.5. The molecule has 0 aliphatic heterocycles. The molecular formula is C20H18N2S. The molecule has 0 atom stereocenters. The van der Waals surface area contributed by atoms with Crippen molar-refractivity contribution >= 4 is 17.3 Å². The third-order valence-electron chi connectivity index (χ3n) is 3.56. The maximum Gasteiger partial charge on any atom is 0.119 e. The Morgan fingerprint density at radius 1 is 0.913 bits per heavy atom. The highest BCUT2D eigenvalue weighted by molar-refractivity contribution is 7.99. The van der Waals surface area contributed by atoms with Crippen molar-refractivity contribution in [2.24, 2.45) is 0 Å². The largest absolute Gasteiger partial charge is 0.149 e. The van der Waals surface area contributed by atoms with Gasteiger partial charge in [-0.05, 0) is 40.7 Å². The lowest BCUT2D eigenvalue weighted by Crippen LogP contribution is -1.91. The van der Waals surface area contributed by atoms with E-state index >= 15 is 0 Å². The predicted molar refractivity (Wildman–Crippen MR) is 98.4 cm³/mol. The van der Waals surface area contributed by atoms with Crippen molar-refractivity contribution in [2.45, 2.75) is 11.9 Å². The van der Waals surface area contributed by atoms with E-state index in [0.29, 0.717) is 0 Å². The highest BCUT2D eigenvalue weighted by Crippen LogP contribution is 2.26. The lowest BCUT2D eigenvalue weighted by molar-refractivity contribution is 0.936. The molecule has 0 bridgehead atoms. The SMILES string of the molecule is C=C(c1ccccc1)c1cccc(-c2ccc(SCC)nn2)c1. The lowest BCUT2D eigenvalue weighted by Gasteiger charge is -2.08. The van der Waals surface area contributed by atoms with Crippen LogP contribution in [0.4, 0.5) is 0 Å². The molecule has 3 rings (SSSR count). The molecule has 1 aromatic heterocycles. The minimum atomic E-state index is 0.883. The number of nitrogens with zero attached hydrogens (tertiary/aromatic N) is 2. The first kappa shape index (κ1) is 15.5. The molecule has 2 nitrogen and oxygen atoms in total. The van der Waals surface area contributed by atoms with Gasteiger partial charge < -0.3 is 0 Å². The summed E-state index contributed by atoms with van der Waals surface area (Å²) in [7, 11) is 0. The molecule has 3 aromatic rings. The van der Waals surface area contributed by atoms with Crippen molar-refractivity contribution in [2.75, 3.05) is 5.75 Å². The summed E-state index contributed by atoms with van der Waals surface area (Å²) in [5.41, 5.74) is 5.18. The molecule has 0 N–H and O–H groups in total. The molecule has 0 unspecified atom stereocenters. The second-order valence-corrected chi connectivity index (χ2v) is 6.40. The van der Waals surface area contributed by atoms with Gasteiger partial charge in [0, 0.05) is 5.56 Å². The molecule has 0 saturated carbocycles. The highest BCUT2D eigenvalue weighted by Gasteiger charge is 2.06. The smallest absolute Gasteiger partial charge is 0.119 e. The molecule has 0 radical (unpaired) electrons. The van der Waals surface area contributed by atoms with Gasteiger partial charge in [-0.25, -0.2) is 0 Å². The number of hydrogen-bond donors (Lipinski definition) is 0. The topological polar surface area (TPSA) is 25.8 Å². The Morgan fingerprint density at radius 3 is 2.39 bits per heavy atom. The first-order valence-corrected chi connectivity index (χ1v) is 8.58. The first-order valence-electron chi connectivity index (χ1n) is 7.59. The molecule has 0 spiro atoms. The summed E-state index contributed by atoms with van der Waals surface area (Å²) in [5.74, 6) is 1.00. The van der Waals surface area contributed by atoms with Crippen molar-refractivity contribution in [3.63, 3.8) is 0 Å². The van der Waals surface area contributed by atoms with E-state index in [-0.39, 0.29) is 0 Å². The third-order valence-corrected chi connectivity index (χ3v) is 4.36. The highest BCUT2D eigenvalue weighted by atomic mass is 32.2. The molecule has 0 fully saturated rings. The number of hydrogen-bond acceptors (Lipinski definition) is 3. The zero-order valence-electron chi connectivity index (χ0n) is 13.1. The van der Waals surface area contributed by atoms with Gasteiger partial charge in [-0.2, -0.15) is 0 Å². The Hall–Kier alpha value is -2.39. The summed E-state index contributed by atoms with van der Waals surface area (Å²) >= 11 is 1.70. The number of benzene rings is 2. The monoisotopic (exact) mass is 318 g/mol. The van der Waals surface area contributed by atoms with E-state index in [1.165, 1.54) is 0 Å². The standard InChI is InChI=1S/C20H18N2S/c1-3-23-20-13-12-19(21-22-20)18-11-7-10-17(14-18)15(2)16-8-5-4-6-9-16/h4-14H,2-3H2,1H3. The summed E-state index contributed by atoms with van der Waals surface area (Å²) < 4.78 is 0. The molecule has 0 aliphatic rings. The third kappa shape index (κ3) is 3.69. The molecule has 1 heterocycles. The van der Waals surface area contributed by atoms with Gasteiger partial charge in [0.1, 0.15) is 5.03 Å². The van der Waals surface area contributed by atoms with Gasteiger partial charge in [-0.3, -0.25) is 0 Å². The van der Waals surface area contributed by atoms with Gasteiger partial charge in [-0.15, -0.1) is 22.0 Å². The van der Waals surface area contributed by atoms with E-state index in [4.69, 9.17) is 0 Å². The summed E-state index contributed by atoms with van der Waals surface area (Å²) in [4.78, 5) is 0. The van der Waals surface area contributed by atoms with Crippen LogP contribution in [0, 0.1) is 0 Å². The average molecular weight is 318 g/mol. The van der Waals surface area contributed by atoms with Gasteiger partial charge >= 0.3 is 0 Å². The van der Waals surface area contributed by atoms with E-state index in [1.54, 1.807) is 11.8 Å². The Balaban J connectivity index is 1.89. The number of aromatic nitrogens is 2. The first-order chi connectivity index (χ1) is 11.3. The Labute approximate surface area is 141 Å². The van der Waals surface area contributed by atoms with E-state index in [0.717, 1.165) is 38.7 Å². The normalized spacial score (nSPS) is 10.5. The van der Waals surface area contributed by atoms with Crippen molar-refractivity contribution in [3.05, 3.63) is 84.4 Å². The van der Waals surface area contributed by atoms with E-state index in [9.17, 15) is 0 Å². The van der Waals surface area contributed by atoms with Gasteiger partial charge in [0.15, 0.2) is 0 Å². The number of thioether (sulfide) groups is 1. The minimum absolute atomic E-state index is 0.883. The molecule has 0 aliphatic carbocycles. The van der Waals surface area contributed by atoms with Crippen LogP contribution in [-0.4, -0.2) is 16.0 Å². The maximum atomic E-state index is 4.34. The van der Waals surface area contributed by atoms with Crippen LogP contribution in [0.25, 0.3) is 16.8 Å². The summed E-state index contributed by atoms with van der Waals surface area (Å²) in [5, 5.41) is 9.57. The van der Waals surface area contributed by atoms with E-state index in [2.05, 4.69) is 54.0 Å². The minimum Gasteiger partial charge on any atom is -0.149 e. The molecular weight excluding hydrogens is 300 g/mol. The van der Waals surface area contributed by atoms with Gasteiger partial charge in [0.2, 0.25) is 0 Å². The van der Waals surface area contributed by atoms with Crippen LogP contribution >= 0.6 is 11.8 Å². The molecule has 114 valence electrons. The van der Waals surface area contributed by atoms with Crippen LogP contribution < -0.4 is 0 Å². The fourth-order valence-corrected chi connectivity index (χ4v) is 2.93. The quantitative estimate of drug-likeness (QED) is 0.596. The van der Waals surface area contributed by atoms with Gasteiger partial charge in [0.25, 0.3) is 0 Å². The van der Waals surface area contributed by atoms with Crippen LogP contribution in [0.5, 0.6) is 0 Å². The zero-order chi connectivity index (χ0) is 16.1. The molecule has 23 heavy (non-hydrogen) atoms. The summed E-state index contributed by atoms with van der Waals surface area (Å²) in [6.07, 6.45) is 0. The zero-order valence-corrected chi connectivity index (χ0v) is 13.9. The fourth-order valence-electron chi connectivity index (χ4n) is 2.37. The second kappa shape index (κ2) is 7.25. The lowest BCUT2D eigenvalue weighted by atomic mass is 9.97. The van der Waals surface area contributed by atoms with E-state index < -0.39 is 0 Å². The molecule has 2 aromatic carbocycles. The molecule has 0 saturated heterocycles. The van der Waals surface area contributed by atoms with Gasteiger partial charge in [0.05, 0.1) is 5.69 Å². The maximum absolute atomic E-state index is 4.34. The van der Waals surface area contributed by atoms with Crippen LogP contribution in [0.2, 0.25) is 0 Å². The van der Waals surface area contributed by atoms with Crippen LogP contribution in [0.3, 0.4) is 0 Å². The molecule has 3 heteroatoms. The van der Waals surface area contributed by atoms with E-state index in [1.807, 2.05) is 36.4 Å². The van der Waals surface area contributed by atoms with Crippen molar-refractivity contribution in [1.29, 1.82) is 0 Å². The predicted octanol–water partition coefficient (Wildman–Crippen LogP) is 5.32. The Morgan fingerprint density at radius 2 is 1.70 bits per heavy atom. The van der Waals surface area contributed by atoms with Crippen molar-refractivity contribution in [3.8, 4) is 11.3 Å². The Kier molecular flexibility index (Phi) is 4.89. The van der Waals surface area contributed by atoms with Gasteiger partial charge in [-0.1, -0.05) is 62.0 Å². The van der Waals surface area contributed by atoms with Crippen LogP contribution in [0.15, 0.2) is 78.3 Å². The molecule has 0 amide bonds. The van der Waals surface area contributed by atoms with Crippen molar-refractivity contribution in [1.82, 2.24) is 10.2 Å². The van der Waals surface area contributed by atoms with Crippen LogP contribution in [0.1, 0.15) is 18.1 Å². The summed E-state index contributed by atoms with van der Waals surface area (Å²) in [6.45, 7) is 6.34. The second-order valence-electron chi connectivity index (χ2n) is 5.12. The number of rotatable bonds is 5. The van der Waals surface area contributed by atoms with Crippen LogP contribution in [-0.2, 0) is 0 Å². The fraction of sp³-hybridized carbons (Fsp3) is 0.100. The average Bonchev–Trinajstić information content (AvgIpc) is 2.63.